The molecule has 0 atom stereocenters. The molecule has 0 saturated carbocycles. The smallest absolute Gasteiger partial charge is 0.725 e. The minimum Gasteiger partial charge on any atom is -0.725 e. The van der Waals surface area contributed by atoms with Crippen LogP contribution < -0.4 is 0 Å². The first-order valence-corrected chi connectivity index (χ1v) is 10.0. The van der Waals surface area contributed by atoms with Gasteiger partial charge in [-0.05, 0) is 24.7 Å². The Balaban J connectivity index is 0.000000330. The van der Waals surface area contributed by atoms with Crippen LogP contribution >= 0.6 is 0 Å². The van der Waals surface area contributed by atoms with Gasteiger partial charge >= 0.3 is 20.1 Å². The molecule has 2 heterocycles. The van der Waals surface area contributed by atoms with Crippen molar-refractivity contribution in [1.82, 2.24) is 4.98 Å². The van der Waals surface area contributed by atoms with Gasteiger partial charge in [0.2, 0.25) is 0 Å². The first-order chi connectivity index (χ1) is 17.8. The quantitative estimate of drug-likeness (QED) is 0.148. The summed E-state index contributed by atoms with van der Waals surface area (Å²) in [5.74, 6) is 0. The summed E-state index contributed by atoms with van der Waals surface area (Å²) in [5, 5.41) is 6.04. The summed E-state index contributed by atoms with van der Waals surface area (Å²) in [6.07, 6.45) is 6.46. The van der Waals surface area contributed by atoms with Crippen LogP contribution in [-0.4, -0.2) is 11.5 Å². The SMILES string of the molecule is C=CC[CH-]C(=C)c1ccccn1.[2H]C=C([N-]CC(=C[2H])C([2H])([2H])[2H])c1[c-]ccc2c1oc1ccccc12.[Ir+3]. The van der Waals surface area contributed by atoms with Gasteiger partial charge in [0, 0.05) is 22.6 Å². The fourth-order valence-corrected chi connectivity index (χ4v) is 3.01. The van der Waals surface area contributed by atoms with Crippen LogP contribution in [0.3, 0.4) is 0 Å². The van der Waals surface area contributed by atoms with E-state index in [1.54, 1.807) is 12.3 Å². The second-order valence-electron chi connectivity index (χ2n) is 6.89. The molecule has 0 aliphatic rings. The zero-order valence-corrected chi connectivity index (χ0v) is 20.4. The molecule has 0 unspecified atom stereocenters. The van der Waals surface area contributed by atoms with E-state index in [1.807, 2.05) is 61.0 Å². The monoisotopic (exact) mass is 617 g/mol. The summed E-state index contributed by atoms with van der Waals surface area (Å²) in [6.45, 7) is 6.80. The Bertz CT molecular complexity index is 1430. The topological polar surface area (TPSA) is 40.1 Å². The van der Waals surface area contributed by atoms with Gasteiger partial charge in [-0.1, -0.05) is 53.8 Å². The van der Waals surface area contributed by atoms with Gasteiger partial charge in [0.15, 0.2) is 0 Å². The van der Waals surface area contributed by atoms with Crippen LogP contribution in [0.2, 0.25) is 0 Å². The van der Waals surface area contributed by atoms with Gasteiger partial charge in [-0.15, -0.1) is 43.4 Å². The number of fused-ring (bicyclic) bond motifs is 3. The third kappa shape index (κ3) is 6.82. The number of hydrogen-bond acceptors (Lipinski definition) is 2. The summed E-state index contributed by atoms with van der Waals surface area (Å²) in [4.78, 5) is 4.17. The molecule has 33 heavy (non-hydrogen) atoms. The van der Waals surface area contributed by atoms with Crippen LogP contribution in [-0.2, 0) is 20.1 Å². The average molecular weight is 617 g/mol. The predicted octanol–water partition coefficient (Wildman–Crippen LogP) is 8.18. The molecule has 3 nitrogen and oxygen atoms in total. The van der Waals surface area contributed by atoms with E-state index < -0.39 is 6.85 Å². The number of furan rings is 1. The number of aromatic nitrogens is 1. The number of pyridine rings is 1. The summed E-state index contributed by atoms with van der Waals surface area (Å²) in [6, 6.07) is 20.0. The molecule has 0 aliphatic carbocycles. The molecule has 0 bridgehead atoms. The molecule has 4 rings (SSSR count). The minimum absolute atomic E-state index is 0. The Labute approximate surface area is 217 Å². The first kappa shape index (κ1) is 19.2. The number of rotatable bonds is 8. The van der Waals surface area contributed by atoms with Crippen LogP contribution in [0.1, 0.15) is 31.4 Å². The molecule has 0 spiro atoms. The second-order valence-corrected chi connectivity index (χ2v) is 6.89. The number of nitrogens with zero attached hydrogens (tertiary/aromatic N) is 2. The predicted molar refractivity (Wildman–Crippen MR) is 137 cm³/mol. The van der Waals surface area contributed by atoms with Crippen molar-refractivity contribution in [3.8, 4) is 0 Å². The van der Waals surface area contributed by atoms with Gasteiger partial charge in [0.05, 0.1) is 1.37 Å². The number of benzene rings is 2. The summed E-state index contributed by atoms with van der Waals surface area (Å²) in [7, 11) is 0. The van der Waals surface area contributed by atoms with Crippen molar-refractivity contribution in [2.24, 2.45) is 0 Å². The summed E-state index contributed by atoms with van der Waals surface area (Å²) < 4.78 is 43.0. The number of para-hydroxylation sites is 1. The van der Waals surface area contributed by atoms with Gasteiger partial charge in [-0.25, -0.2) is 5.70 Å². The minimum atomic E-state index is -2.38. The van der Waals surface area contributed by atoms with E-state index in [0.717, 1.165) is 47.2 Å². The van der Waals surface area contributed by atoms with Crippen molar-refractivity contribution < 1.29 is 31.4 Å². The normalized spacial score (nSPS) is 13.8. The molecule has 0 aliphatic heterocycles. The molecule has 168 valence electrons. The van der Waals surface area contributed by atoms with Gasteiger partial charge in [0.1, 0.15) is 5.58 Å². The van der Waals surface area contributed by atoms with Crippen molar-refractivity contribution in [1.29, 1.82) is 0 Å². The van der Waals surface area contributed by atoms with E-state index in [9.17, 15) is 0 Å². The molecule has 2 aromatic carbocycles. The Morgan fingerprint density at radius 2 is 2.06 bits per heavy atom. The standard InChI is InChI=1S/C18H15NO.C11H12N.Ir/c1-12(2)11-19-13(3)14-8-6-9-16-15-7-4-5-10-17(15)20-18(14)16;1-3-4-7-10(2)11-8-5-6-9-12-11;/h4-7,9-10H,1,3,11H2,2H3;3,5-9H,1-2,4H2;/q-2;-1;+3/i1D,2D3,3D;;. The fourth-order valence-electron chi connectivity index (χ4n) is 3.01. The maximum absolute atomic E-state index is 7.64. The van der Waals surface area contributed by atoms with Crippen LogP contribution in [0.25, 0.3) is 38.5 Å². The van der Waals surface area contributed by atoms with Crippen molar-refractivity contribution in [3.05, 3.63) is 128 Å². The maximum atomic E-state index is 7.64. The van der Waals surface area contributed by atoms with E-state index in [2.05, 4.69) is 29.5 Å². The molecular formula is C29H27IrN2O. The van der Waals surface area contributed by atoms with Crippen molar-refractivity contribution in [3.63, 3.8) is 0 Å². The molecule has 0 fully saturated rings. The second kappa shape index (κ2) is 12.6. The van der Waals surface area contributed by atoms with Gasteiger partial charge in [-0.2, -0.15) is 25.1 Å². The largest absolute Gasteiger partial charge is 3.00 e. The van der Waals surface area contributed by atoms with E-state index in [4.69, 9.17) is 11.3 Å². The first-order valence-electron chi connectivity index (χ1n) is 12.7. The Kier molecular flexibility index (Phi) is 7.34. The molecule has 0 saturated heterocycles. The molecule has 0 N–H and O–H groups in total. The van der Waals surface area contributed by atoms with Crippen molar-refractivity contribution >= 4 is 33.2 Å². The third-order valence-electron chi connectivity index (χ3n) is 4.54. The Morgan fingerprint density at radius 1 is 1.21 bits per heavy atom. The number of allylic oxidation sites excluding steroid dienone is 2. The Hall–Kier alpha value is -3.33. The average Bonchev–Trinajstić information content (AvgIpc) is 3.29. The molecule has 4 heteroatoms. The molecule has 0 radical (unpaired) electrons. The van der Waals surface area contributed by atoms with Crippen LogP contribution in [0.5, 0.6) is 0 Å². The molecule has 2 aromatic heterocycles. The molecular weight excluding hydrogens is 585 g/mol. The maximum Gasteiger partial charge on any atom is 3.00 e. The van der Waals surface area contributed by atoms with Gasteiger partial charge in [0.25, 0.3) is 0 Å². The van der Waals surface area contributed by atoms with Crippen molar-refractivity contribution in [2.45, 2.75) is 13.3 Å². The van der Waals surface area contributed by atoms with Crippen LogP contribution in [0, 0.1) is 12.5 Å². The van der Waals surface area contributed by atoms with E-state index in [-0.39, 0.29) is 37.9 Å². The Morgan fingerprint density at radius 3 is 2.79 bits per heavy atom. The molecule has 4 aromatic rings. The van der Waals surface area contributed by atoms with Crippen LogP contribution in [0.4, 0.5) is 0 Å². The van der Waals surface area contributed by atoms with Gasteiger partial charge < -0.3 is 14.7 Å². The third-order valence-corrected chi connectivity index (χ3v) is 4.54. The number of hydrogen-bond donors (Lipinski definition) is 0. The van der Waals surface area contributed by atoms with E-state index >= 15 is 0 Å². The van der Waals surface area contributed by atoms with Crippen molar-refractivity contribution in [2.75, 3.05) is 6.54 Å². The fraction of sp³-hybridized carbons (Fsp3) is 0.103. The molecule has 0 amide bonds. The zero-order valence-electron chi connectivity index (χ0n) is 23.0. The zero-order chi connectivity index (χ0) is 26.8. The summed E-state index contributed by atoms with van der Waals surface area (Å²) in [5.41, 5.74) is 3.82. The van der Waals surface area contributed by atoms with Gasteiger partial charge in [-0.3, -0.25) is 0 Å². The van der Waals surface area contributed by atoms with Crippen LogP contribution in [0.15, 0.2) is 103 Å². The van der Waals surface area contributed by atoms with E-state index in [0.29, 0.717) is 11.1 Å². The summed E-state index contributed by atoms with van der Waals surface area (Å²) >= 11 is 0. The van der Waals surface area contributed by atoms with E-state index in [1.165, 1.54) is 0 Å².